The summed E-state index contributed by atoms with van der Waals surface area (Å²) in [7, 11) is 0. The SMILES string of the molecule is C.CC(=O)CCCOCC[N-]C(=O)CC(=O)[N-]c1ccc(CC(=O)CC(C)=O)cc1.CC(=O)CCCOCC[N-]C(=O)CC(=O)[N-]c1ccc(CC(=O)N2CCC2=O)cc1.[Rb+].[Rb+].[Rb+].[Rb+]. The maximum atomic E-state index is 11.9. The van der Waals surface area contributed by atoms with Crippen LogP contribution in [0.15, 0.2) is 48.5 Å². The molecule has 0 N–H and O–H groups in total. The largest absolute Gasteiger partial charge is 1.00 e. The van der Waals surface area contributed by atoms with Gasteiger partial charge in [0.1, 0.15) is 23.1 Å². The van der Waals surface area contributed by atoms with Crippen molar-refractivity contribution in [1.29, 1.82) is 0 Å². The zero-order chi connectivity index (χ0) is 43.6. The minimum absolute atomic E-state index is 0. The predicted molar refractivity (Wildman–Crippen MR) is 222 cm³/mol. The molecule has 64 heavy (non-hydrogen) atoms. The third kappa shape index (κ3) is 36.3. The van der Waals surface area contributed by atoms with Crippen molar-refractivity contribution in [2.45, 2.75) is 92.4 Å². The second-order valence-electron chi connectivity index (χ2n) is 13.5. The minimum Gasteiger partial charge on any atom is -0.651 e. The number of imide groups is 1. The summed E-state index contributed by atoms with van der Waals surface area (Å²) in [4.78, 5) is 116. The molecule has 0 bridgehead atoms. The van der Waals surface area contributed by atoms with Gasteiger partial charge in [-0.05, 0) is 44.7 Å². The van der Waals surface area contributed by atoms with Gasteiger partial charge in [-0.1, -0.05) is 56.0 Å². The van der Waals surface area contributed by atoms with Gasteiger partial charge in [-0.15, -0.1) is 24.5 Å². The van der Waals surface area contributed by atoms with E-state index in [4.69, 9.17) is 9.47 Å². The Balaban J connectivity index is -0.000000522. The summed E-state index contributed by atoms with van der Waals surface area (Å²) >= 11 is 0. The Kier molecular flexibility index (Phi) is 48.4. The molecular formula is C43H55N5O12Rb4. The summed E-state index contributed by atoms with van der Waals surface area (Å²) in [6, 6.07) is 12.9. The molecule has 0 unspecified atom stereocenters. The Bertz CT molecular complexity index is 1800. The van der Waals surface area contributed by atoms with Crippen LogP contribution in [0.4, 0.5) is 11.4 Å². The summed E-state index contributed by atoms with van der Waals surface area (Å²) in [5.74, 6) is -2.92. The first-order chi connectivity index (χ1) is 28.1. The van der Waals surface area contributed by atoms with E-state index in [1.165, 1.54) is 25.7 Å². The molecule has 0 atom stereocenters. The first-order valence-corrected chi connectivity index (χ1v) is 19.2. The van der Waals surface area contributed by atoms with E-state index in [-0.39, 0.29) is 321 Å². The quantitative estimate of drug-likeness (QED) is 0.0486. The molecule has 17 nitrogen and oxygen atoms in total. The zero-order valence-electron chi connectivity index (χ0n) is 37.8. The number of β-lactam (4-membered cyclic amide) rings is 1. The molecule has 6 amide bonds. The van der Waals surface area contributed by atoms with Crippen LogP contribution in [0.1, 0.15) is 90.7 Å². The van der Waals surface area contributed by atoms with Crippen molar-refractivity contribution in [2.75, 3.05) is 46.1 Å². The molecule has 1 aliphatic heterocycles. The van der Waals surface area contributed by atoms with Gasteiger partial charge in [0.05, 0.1) is 36.5 Å². The number of Topliss-reactive ketones (excluding diaryl/α,β-unsaturated/α-hetero) is 4. The van der Waals surface area contributed by atoms with Crippen molar-refractivity contribution in [3.8, 4) is 0 Å². The molecule has 21 heteroatoms. The average Bonchev–Trinajstić information content (AvgIpc) is 3.14. The van der Waals surface area contributed by atoms with Crippen molar-refractivity contribution in [3.05, 3.63) is 80.9 Å². The molecule has 0 aliphatic carbocycles. The first kappa shape index (κ1) is 71.8. The van der Waals surface area contributed by atoms with Crippen molar-refractivity contribution >= 4 is 70.0 Å². The smallest absolute Gasteiger partial charge is 0.651 e. The summed E-state index contributed by atoms with van der Waals surface area (Å²) in [5, 5.41) is 15.1. The van der Waals surface area contributed by atoms with E-state index in [1.807, 2.05) is 0 Å². The van der Waals surface area contributed by atoms with Gasteiger partial charge in [-0.2, -0.15) is 0 Å². The van der Waals surface area contributed by atoms with Crippen molar-refractivity contribution < 1.29 is 290 Å². The zero-order valence-corrected chi connectivity index (χ0v) is 57.4. The normalized spacial score (nSPS) is 10.7. The molecule has 0 spiro atoms. The molecule has 1 aliphatic rings. The van der Waals surface area contributed by atoms with Crippen LogP contribution in [0.25, 0.3) is 21.3 Å². The van der Waals surface area contributed by atoms with Crippen molar-refractivity contribution in [3.63, 3.8) is 0 Å². The van der Waals surface area contributed by atoms with Gasteiger partial charge in [0.2, 0.25) is 11.8 Å². The van der Waals surface area contributed by atoms with E-state index in [9.17, 15) is 47.9 Å². The number of carbonyl (C=O) groups excluding carboxylic acids is 10. The molecule has 2 aromatic rings. The molecule has 1 heterocycles. The summed E-state index contributed by atoms with van der Waals surface area (Å²) in [5.41, 5.74) is 2.18. The molecule has 328 valence electrons. The van der Waals surface area contributed by atoms with Crippen LogP contribution in [0.5, 0.6) is 0 Å². The average molecular weight is 1180 g/mol. The van der Waals surface area contributed by atoms with Gasteiger partial charge in [-0.25, -0.2) is 0 Å². The minimum atomic E-state index is -0.610. The van der Waals surface area contributed by atoms with Gasteiger partial charge in [0, 0.05) is 71.5 Å². The monoisotopic (exact) mass is 1170 g/mol. The molecular weight excluding hydrogens is 1120 g/mol. The van der Waals surface area contributed by atoms with E-state index in [2.05, 4.69) is 21.3 Å². The van der Waals surface area contributed by atoms with Gasteiger partial charge in [-0.3, -0.25) is 24.1 Å². The number of benzene rings is 2. The standard InChI is InChI=1S/C21H27N3O6.C21H28N2O6.CH4.4Rb/c1-15(25)3-2-11-30-12-9-22-18(26)14-19(27)23-17-6-4-16(5-7-17)13-21(29)24-10-8-20(24)28;1-15(24)4-3-10-29-11-9-22-20(27)14-21(28)23-18-7-5-17(6-8-18)13-19(26)12-16(2)25;;;;;/h4-7H,2-3,8-14H2,1H3,(H2,22,23,26,27);5-8H,3-4,9-14H2,1-2H3,(H2,22,23,27,28);1H4;;;;/q;;;4*+1/p-4. The number of hydrogen-bond donors (Lipinski definition) is 0. The summed E-state index contributed by atoms with van der Waals surface area (Å²) < 4.78 is 10.5. The molecule has 2 aromatic carbocycles. The third-order valence-electron chi connectivity index (χ3n) is 8.02. The van der Waals surface area contributed by atoms with Gasteiger partial charge in [0.15, 0.2) is 0 Å². The summed E-state index contributed by atoms with van der Waals surface area (Å²) in [6.07, 6.45) is 1.88. The van der Waals surface area contributed by atoms with Crippen LogP contribution in [0.3, 0.4) is 0 Å². The van der Waals surface area contributed by atoms with Crippen LogP contribution in [0.2, 0.25) is 0 Å². The van der Waals surface area contributed by atoms with Crippen molar-refractivity contribution in [1.82, 2.24) is 4.90 Å². The Hall–Kier alpha value is 1.28. The van der Waals surface area contributed by atoms with E-state index in [0.29, 0.717) is 68.8 Å². The maximum Gasteiger partial charge on any atom is 1.00 e. The number of ketones is 4. The molecule has 1 fully saturated rings. The van der Waals surface area contributed by atoms with Gasteiger partial charge >= 0.3 is 233 Å². The Morgan fingerprint density at radius 1 is 0.547 bits per heavy atom. The summed E-state index contributed by atoms with van der Waals surface area (Å²) in [6.45, 7) is 6.50. The van der Waals surface area contributed by atoms with Crippen LogP contribution in [-0.2, 0) is 70.3 Å². The Morgan fingerprint density at radius 2 is 0.953 bits per heavy atom. The number of hydrogen-bond acceptors (Lipinski definition) is 12. The number of nitrogens with zero attached hydrogens (tertiary/aromatic N) is 5. The maximum absolute atomic E-state index is 11.9. The molecule has 1 saturated heterocycles. The topological polar surface area (TPSA) is 249 Å². The van der Waals surface area contributed by atoms with Crippen LogP contribution >= 0.6 is 0 Å². The number of amides is 6. The number of rotatable bonds is 26. The van der Waals surface area contributed by atoms with Crippen LogP contribution in [0, 0.1) is 0 Å². The van der Waals surface area contributed by atoms with Crippen LogP contribution < -0.4 is 233 Å². The van der Waals surface area contributed by atoms with Gasteiger partial charge in [0.25, 0.3) is 0 Å². The van der Waals surface area contributed by atoms with E-state index in [1.54, 1.807) is 48.5 Å². The fourth-order valence-corrected chi connectivity index (χ4v) is 5.05. The van der Waals surface area contributed by atoms with Gasteiger partial charge < -0.3 is 59.5 Å². The third-order valence-corrected chi connectivity index (χ3v) is 8.02. The van der Waals surface area contributed by atoms with Crippen LogP contribution in [-0.4, -0.2) is 110 Å². The Labute approximate surface area is 572 Å². The molecule has 0 aromatic heterocycles. The molecule has 0 radical (unpaired) electrons. The fourth-order valence-electron chi connectivity index (χ4n) is 5.05. The number of carbonyl (C=O) groups is 10. The second kappa shape index (κ2) is 43.1. The first-order valence-electron chi connectivity index (χ1n) is 19.2. The number of ether oxygens (including phenoxy) is 2. The fraction of sp³-hybridized carbons (Fsp3) is 0.488. The van der Waals surface area contributed by atoms with E-state index < -0.39 is 36.5 Å². The van der Waals surface area contributed by atoms with Crippen molar-refractivity contribution in [2.24, 2.45) is 0 Å². The Morgan fingerprint density at radius 3 is 1.30 bits per heavy atom. The molecule has 3 rings (SSSR count). The van der Waals surface area contributed by atoms with E-state index >= 15 is 0 Å². The predicted octanol–water partition coefficient (Wildman–Crippen LogP) is -6.17. The molecule has 0 saturated carbocycles. The van der Waals surface area contributed by atoms with E-state index in [0.717, 1.165) is 5.56 Å². The number of likely N-dealkylation sites (tertiary alicyclic amines) is 1. The second-order valence-corrected chi connectivity index (χ2v) is 13.5.